The molecule has 0 aromatic heterocycles. The summed E-state index contributed by atoms with van der Waals surface area (Å²) in [6.07, 6.45) is 3.27. The molecule has 3 rings (SSSR count). The molecule has 2 aromatic carbocycles. The molecule has 1 amide bonds. The van der Waals surface area contributed by atoms with Gasteiger partial charge >= 0.3 is 0 Å². The van der Waals surface area contributed by atoms with Gasteiger partial charge in [0.2, 0.25) is 0 Å². The highest BCUT2D eigenvalue weighted by Crippen LogP contribution is 2.30. The van der Waals surface area contributed by atoms with E-state index in [1.165, 1.54) is 0 Å². The van der Waals surface area contributed by atoms with Crippen LogP contribution in [0, 0.1) is 0 Å². The lowest BCUT2D eigenvalue weighted by Gasteiger charge is -2.20. The van der Waals surface area contributed by atoms with Crippen LogP contribution in [0.2, 0.25) is 0 Å². The predicted molar refractivity (Wildman–Crippen MR) is 119 cm³/mol. The molecule has 1 atom stereocenters. The summed E-state index contributed by atoms with van der Waals surface area (Å²) in [6, 6.07) is 13.9. The predicted octanol–water partition coefficient (Wildman–Crippen LogP) is 4.68. The van der Waals surface area contributed by atoms with Gasteiger partial charge in [0.1, 0.15) is 5.75 Å². The maximum Gasteiger partial charge on any atom is 0.255 e. The van der Waals surface area contributed by atoms with Gasteiger partial charge in [-0.15, -0.1) is 0 Å². The number of nitrogens with one attached hydrogen (secondary N) is 2. The first-order valence-electron chi connectivity index (χ1n) is 9.86. The van der Waals surface area contributed by atoms with Crippen LogP contribution >= 0.6 is 15.9 Å². The molecule has 1 heterocycles. The van der Waals surface area contributed by atoms with Gasteiger partial charge in [0.05, 0.1) is 12.3 Å². The smallest absolute Gasteiger partial charge is 0.255 e. The van der Waals surface area contributed by atoms with Gasteiger partial charge in [-0.1, -0.05) is 13.3 Å². The Labute approximate surface area is 175 Å². The van der Waals surface area contributed by atoms with Crippen molar-refractivity contribution in [3.8, 4) is 5.75 Å². The molecule has 1 unspecified atom stereocenters. The molecule has 0 saturated carbocycles. The minimum Gasteiger partial charge on any atom is -0.494 e. The van der Waals surface area contributed by atoms with Crippen LogP contribution in [0.15, 0.2) is 46.9 Å². The average Bonchev–Trinajstić information content (AvgIpc) is 3.19. The van der Waals surface area contributed by atoms with Gasteiger partial charge in [0.15, 0.2) is 0 Å². The average molecular weight is 446 g/mol. The number of anilines is 2. The molecule has 6 heteroatoms. The lowest BCUT2D eigenvalue weighted by atomic mass is 10.2. The summed E-state index contributed by atoms with van der Waals surface area (Å²) in [6.45, 7) is 4.87. The fraction of sp³-hybridized carbons (Fsp3) is 0.409. The van der Waals surface area contributed by atoms with Crippen molar-refractivity contribution in [2.75, 3.05) is 37.0 Å². The third-order valence-corrected chi connectivity index (χ3v) is 5.70. The number of rotatable bonds is 8. The normalized spacial score (nSPS) is 16.2. The number of likely N-dealkylation sites (N-methyl/N-ethyl adjacent to an activating group) is 1. The topological polar surface area (TPSA) is 53.6 Å². The second-order valence-corrected chi connectivity index (χ2v) is 7.92. The molecular weight excluding hydrogens is 418 g/mol. The third-order valence-electron chi connectivity index (χ3n) is 5.05. The van der Waals surface area contributed by atoms with Crippen LogP contribution in [0.1, 0.15) is 36.5 Å². The monoisotopic (exact) mass is 445 g/mol. The van der Waals surface area contributed by atoms with E-state index in [9.17, 15) is 4.79 Å². The SMILES string of the molecule is CCCCOc1ccc(C(=O)Nc2ccc(N3CCC(NC)C3)cc2Br)cc1. The molecule has 1 fully saturated rings. The Morgan fingerprint density at radius 2 is 2.04 bits per heavy atom. The van der Waals surface area contributed by atoms with Crippen molar-refractivity contribution in [1.29, 1.82) is 0 Å². The molecule has 2 N–H and O–H groups in total. The third kappa shape index (κ3) is 5.26. The van der Waals surface area contributed by atoms with Crippen molar-refractivity contribution in [3.63, 3.8) is 0 Å². The zero-order chi connectivity index (χ0) is 19.9. The van der Waals surface area contributed by atoms with E-state index in [1.54, 1.807) is 12.1 Å². The second-order valence-electron chi connectivity index (χ2n) is 7.06. The van der Waals surface area contributed by atoms with E-state index in [0.29, 0.717) is 18.2 Å². The van der Waals surface area contributed by atoms with Gasteiger partial charge in [-0.25, -0.2) is 0 Å². The van der Waals surface area contributed by atoms with E-state index >= 15 is 0 Å². The van der Waals surface area contributed by atoms with E-state index in [0.717, 1.165) is 53.9 Å². The molecule has 0 bridgehead atoms. The van der Waals surface area contributed by atoms with E-state index in [1.807, 2.05) is 25.2 Å². The molecular formula is C22H28BrN3O2. The van der Waals surface area contributed by atoms with Crippen LogP contribution < -0.4 is 20.3 Å². The first kappa shape index (κ1) is 20.7. The number of benzene rings is 2. The van der Waals surface area contributed by atoms with Crippen LogP contribution in [0.4, 0.5) is 11.4 Å². The summed E-state index contributed by atoms with van der Waals surface area (Å²) >= 11 is 3.60. The number of unbranched alkanes of at least 4 members (excludes halogenated alkanes) is 1. The van der Waals surface area contributed by atoms with Crippen molar-refractivity contribution >= 4 is 33.2 Å². The van der Waals surface area contributed by atoms with Gasteiger partial charge in [-0.05, 0) is 78.3 Å². The Balaban J connectivity index is 1.61. The van der Waals surface area contributed by atoms with Crippen molar-refractivity contribution in [2.24, 2.45) is 0 Å². The largest absolute Gasteiger partial charge is 0.494 e. The lowest BCUT2D eigenvalue weighted by molar-refractivity contribution is 0.102. The number of ether oxygens (including phenoxy) is 1. The maximum atomic E-state index is 12.6. The Kier molecular flexibility index (Phi) is 7.34. The van der Waals surface area contributed by atoms with Gasteiger partial charge < -0.3 is 20.3 Å². The molecule has 0 spiro atoms. The molecule has 1 aliphatic rings. The number of carbonyl (C=O) groups is 1. The fourth-order valence-electron chi connectivity index (χ4n) is 3.26. The van der Waals surface area contributed by atoms with Crippen LogP contribution in [0.5, 0.6) is 5.75 Å². The Morgan fingerprint density at radius 1 is 1.25 bits per heavy atom. The highest BCUT2D eigenvalue weighted by Gasteiger charge is 2.21. The Morgan fingerprint density at radius 3 is 2.68 bits per heavy atom. The number of hydrogen-bond acceptors (Lipinski definition) is 4. The molecule has 150 valence electrons. The summed E-state index contributed by atoms with van der Waals surface area (Å²) < 4.78 is 6.53. The minimum atomic E-state index is -0.134. The quantitative estimate of drug-likeness (QED) is 0.579. The Hall–Kier alpha value is -2.05. The summed E-state index contributed by atoms with van der Waals surface area (Å²) in [5.41, 5.74) is 2.54. The summed E-state index contributed by atoms with van der Waals surface area (Å²) in [7, 11) is 2.01. The summed E-state index contributed by atoms with van der Waals surface area (Å²) in [5, 5.41) is 6.31. The Bertz CT molecular complexity index is 795. The van der Waals surface area contributed by atoms with Crippen LogP contribution in [-0.2, 0) is 0 Å². The summed E-state index contributed by atoms with van der Waals surface area (Å²) in [5.74, 6) is 0.658. The maximum absolute atomic E-state index is 12.6. The van der Waals surface area contributed by atoms with Crippen molar-refractivity contribution in [2.45, 2.75) is 32.2 Å². The molecule has 1 saturated heterocycles. The van der Waals surface area contributed by atoms with Crippen molar-refractivity contribution < 1.29 is 9.53 Å². The first-order valence-corrected chi connectivity index (χ1v) is 10.7. The number of amides is 1. The van der Waals surface area contributed by atoms with E-state index in [2.05, 4.69) is 50.5 Å². The van der Waals surface area contributed by atoms with Gasteiger partial charge in [-0.2, -0.15) is 0 Å². The standard InChI is InChI=1S/C22H28BrN3O2/c1-3-4-13-28-19-8-5-16(6-9-19)22(27)25-21-10-7-18(14-20(21)23)26-12-11-17(15-26)24-2/h5-10,14,17,24H,3-4,11-13,15H2,1-2H3,(H,25,27). The van der Waals surface area contributed by atoms with Gasteiger partial charge in [-0.3, -0.25) is 4.79 Å². The minimum absolute atomic E-state index is 0.134. The zero-order valence-electron chi connectivity index (χ0n) is 16.5. The summed E-state index contributed by atoms with van der Waals surface area (Å²) in [4.78, 5) is 14.9. The molecule has 5 nitrogen and oxygen atoms in total. The molecule has 1 aliphatic heterocycles. The molecule has 2 aromatic rings. The number of halogens is 1. The number of hydrogen-bond donors (Lipinski definition) is 2. The van der Waals surface area contributed by atoms with Gasteiger partial charge in [0.25, 0.3) is 5.91 Å². The van der Waals surface area contributed by atoms with Crippen LogP contribution in [0.25, 0.3) is 0 Å². The highest BCUT2D eigenvalue weighted by atomic mass is 79.9. The number of carbonyl (C=O) groups excluding carboxylic acids is 1. The van der Waals surface area contributed by atoms with Crippen molar-refractivity contribution in [3.05, 3.63) is 52.5 Å². The highest BCUT2D eigenvalue weighted by molar-refractivity contribution is 9.10. The molecule has 0 aliphatic carbocycles. The zero-order valence-corrected chi connectivity index (χ0v) is 18.1. The van der Waals surface area contributed by atoms with E-state index in [-0.39, 0.29) is 5.91 Å². The van der Waals surface area contributed by atoms with Crippen LogP contribution in [0.3, 0.4) is 0 Å². The van der Waals surface area contributed by atoms with Crippen LogP contribution in [-0.4, -0.2) is 38.7 Å². The molecule has 0 radical (unpaired) electrons. The van der Waals surface area contributed by atoms with Crippen molar-refractivity contribution in [1.82, 2.24) is 5.32 Å². The molecule has 28 heavy (non-hydrogen) atoms. The number of nitrogens with zero attached hydrogens (tertiary/aromatic N) is 1. The van der Waals surface area contributed by atoms with E-state index < -0.39 is 0 Å². The first-order chi connectivity index (χ1) is 13.6. The second kappa shape index (κ2) is 9.94. The lowest BCUT2D eigenvalue weighted by Crippen LogP contribution is -2.29. The van der Waals surface area contributed by atoms with Gasteiger partial charge in [0, 0.05) is 34.9 Å². The fourth-order valence-corrected chi connectivity index (χ4v) is 3.73. The van der Waals surface area contributed by atoms with E-state index in [4.69, 9.17) is 4.74 Å².